The molecule has 0 radical (unpaired) electrons. The van der Waals surface area contributed by atoms with Gasteiger partial charge in [-0.15, -0.1) is 0 Å². The highest BCUT2D eigenvalue weighted by Crippen LogP contribution is 2.20. The van der Waals surface area contributed by atoms with E-state index in [1.54, 1.807) is 0 Å². The molecule has 0 spiro atoms. The second-order valence-corrected chi connectivity index (χ2v) is 8.10. The first kappa shape index (κ1) is 19.5. The zero-order chi connectivity index (χ0) is 21.0. The maximum atomic E-state index is 12.8. The van der Waals surface area contributed by atoms with Crippen molar-refractivity contribution < 1.29 is 4.79 Å². The SMILES string of the molecule is O=C(Cc1ccc(-c2ccccc2)cc1)N1CCN(Cc2cc3ccccn3n2)CC1. The molecule has 0 bridgehead atoms. The van der Waals surface area contributed by atoms with E-state index in [2.05, 4.69) is 58.5 Å². The van der Waals surface area contributed by atoms with Crippen LogP contribution in [-0.2, 0) is 17.8 Å². The molecule has 4 aromatic rings. The van der Waals surface area contributed by atoms with Gasteiger partial charge in [0.15, 0.2) is 0 Å². The van der Waals surface area contributed by atoms with Crippen LogP contribution in [0.1, 0.15) is 11.3 Å². The lowest BCUT2D eigenvalue weighted by molar-refractivity contribution is -0.132. The van der Waals surface area contributed by atoms with Gasteiger partial charge in [0.05, 0.1) is 17.6 Å². The number of pyridine rings is 1. The molecular formula is C26H26N4O. The van der Waals surface area contributed by atoms with Crippen LogP contribution in [0.15, 0.2) is 85.1 Å². The molecule has 5 heteroatoms. The van der Waals surface area contributed by atoms with Crippen LogP contribution in [0.25, 0.3) is 16.6 Å². The van der Waals surface area contributed by atoms with Crippen molar-refractivity contribution in [3.8, 4) is 11.1 Å². The third kappa shape index (κ3) is 4.52. The first-order valence-electron chi connectivity index (χ1n) is 10.8. The molecule has 2 aromatic heterocycles. The second kappa shape index (κ2) is 8.74. The molecule has 0 unspecified atom stereocenters. The van der Waals surface area contributed by atoms with E-state index in [-0.39, 0.29) is 5.91 Å². The Kier molecular flexibility index (Phi) is 5.50. The van der Waals surface area contributed by atoms with Gasteiger partial charge < -0.3 is 4.90 Å². The molecule has 2 aromatic carbocycles. The predicted molar refractivity (Wildman–Crippen MR) is 123 cm³/mol. The monoisotopic (exact) mass is 410 g/mol. The van der Waals surface area contributed by atoms with Crippen molar-refractivity contribution in [1.29, 1.82) is 0 Å². The van der Waals surface area contributed by atoms with Gasteiger partial charge in [0.2, 0.25) is 5.91 Å². The molecule has 1 aliphatic rings. The summed E-state index contributed by atoms with van der Waals surface area (Å²) in [6.07, 6.45) is 2.43. The normalized spacial score (nSPS) is 14.8. The molecule has 1 saturated heterocycles. The lowest BCUT2D eigenvalue weighted by Crippen LogP contribution is -2.48. The van der Waals surface area contributed by atoms with Crippen LogP contribution in [0.5, 0.6) is 0 Å². The van der Waals surface area contributed by atoms with Crippen molar-refractivity contribution in [3.05, 3.63) is 96.3 Å². The summed E-state index contributed by atoms with van der Waals surface area (Å²) >= 11 is 0. The summed E-state index contributed by atoms with van der Waals surface area (Å²) in [5, 5.41) is 4.64. The van der Waals surface area contributed by atoms with Crippen molar-refractivity contribution >= 4 is 11.4 Å². The maximum Gasteiger partial charge on any atom is 0.227 e. The Morgan fingerprint density at radius 1 is 0.806 bits per heavy atom. The average Bonchev–Trinajstić information content (AvgIpc) is 3.23. The van der Waals surface area contributed by atoms with Crippen molar-refractivity contribution in [2.24, 2.45) is 0 Å². The zero-order valence-corrected chi connectivity index (χ0v) is 17.5. The highest BCUT2D eigenvalue weighted by molar-refractivity contribution is 5.79. The molecule has 1 aliphatic heterocycles. The van der Waals surface area contributed by atoms with Gasteiger partial charge in [0, 0.05) is 38.9 Å². The maximum absolute atomic E-state index is 12.8. The third-order valence-corrected chi connectivity index (χ3v) is 5.95. The molecule has 1 fully saturated rings. The minimum Gasteiger partial charge on any atom is -0.340 e. The van der Waals surface area contributed by atoms with E-state index in [1.807, 2.05) is 45.9 Å². The number of rotatable bonds is 5. The number of carbonyl (C=O) groups is 1. The van der Waals surface area contributed by atoms with E-state index < -0.39 is 0 Å². The second-order valence-electron chi connectivity index (χ2n) is 8.10. The lowest BCUT2D eigenvalue weighted by atomic mass is 10.0. The Morgan fingerprint density at radius 2 is 1.52 bits per heavy atom. The minimum atomic E-state index is 0.208. The van der Waals surface area contributed by atoms with Crippen molar-refractivity contribution in [1.82, 2.24) is 19.4 Å². The number of benzene rings is 2. The molecule has 5 rings (SSSR count). The number of hydrogen-bond acceptors (Lipinski definition) is 3. The Morgan fingerprint density at radius 3 is 2.26 bits per heavy atom. The molecule has 3 heterocycles. The quantitative estimate of drug-likeness (QED) is 0.501. The number of fused-ring (bicyclic) bond motifs is 1. The number of carbonyl (C=O) groups excluding carboxylic acids is 1. The first-order chi connectivity index (χ1) is 15.2. The van der Waals surface area contributed by atoms with E-state index in [0.717, 1.165) is 49.5 Å². The molecule has 156 valence electrons. The van der Waals surface area contributed by atoms with Crippen LogP contribution < -0.4 is 0 Å². The van der Waals surface area contributed by atoms with Crippen LogP contribution in [0, 0.1) is 0 Å². The molecule has 0 N–H and O–H groups in total. The number of hydrogen-bond donors (Lipinski definition) is 0. The molecular weight excluding hydrogens is 384 g/mol. The van der Waals surface area contributed by atoms with E-state index in [9.17, 15) is 4.79 Å². The Labute approximate surface area is 182 Å². The van der Waals surface area contributed by atoms with Crippen molar-refractivity contribution in [3.63, 3.8) is 0 Å². The largest absolute Gasteiger partial charge is 0.340 e. The summed E-state index contributed by atoms with van der Waals surface area (Å²) in [5.41, 5.74) is 5.63. The van der Waals surface area contributed by atoms with E-state index >= 15 is 0 Å². The van der Waals surface area contributed by atoms with E-state index in [0.29, 0.717) is 6.42 Å². The van der Waals surface area contributed by atoms with Gasteiger partial charge in [0.1, 0.15) is 0 Å². The highest BCUT2D eigenvalue weighted by Gasteiger charge is 2.21. The number of nitrogens with zero attached hydrogens (tertiary/aromatic N) is 4. The summed E-state index contributed by atoms with van der Waals surface area (Å²) in [4.78, 5) is 17.2. The van der Waals surface area contributed by atoms with Crippen LogP contribution in [0.3, 0.4) is 0 Å². The standard InChI is InChI=1S/C26H26N4O/c31-26(18-21-9-11-23(12-10-21)22-6-2-1-3-7-22)29-16-14-28(15-17-29)20-24-19-25-8-4-5-13-30(25)27-24/h1-13,19H,14-18,20H2. The summed E-state index contributed by atoms with van der Waals surface area (Å²) in [6, 6.07) is 26.9. The molecule has 0 atom stereocenters. The van der Waals surface area contributed by atoms with E-state index in [4.69, 9.17) is 0 Å². The molecule has 0 saturated carbocycles. The summed E-state index contributed by atoms with van der Waals surface area (Å²) < 4.78 is 1.91. The summed E-state index contributed by atoms with van der Waals surface area (Å²) in [6.45, 7) is 4.13. The van der Waals surface area contributed by atoms with Gasteiger partial charge in [-0.05, 0) is 34.9 Å². The van der Waals surface area contributed by atoms with Gasteiger partial charge in [-0.2, -0.15) is 5.10 Å². The van der Waals surface area contributed by atoms with Crippen LogP contribution >= 0.6 is 0 Å². The number of amides is 1. The van der Waals surface area contributed by atoms with Gasteiger partial charge >= 0.3 is 0 Å². The Hall–Kier alpha value is -3.44. The van der Waals surface area contributed by atoms with E-state index in [1.165, 1.54) is 11.1 Å². The molecule has 5 nitrogen and oxygen atoms in total. The average molecular weight is 411 g/mol. The molecule has 0 aliphatic carbocycles. The smallest absolute Gasteiger partial charge is 0.227 e. The van der Waals surface area contributed by atoms with Crippen molar-refractivity contribution in [2.75, 3.05) is 26.2 Å². The topological polar surface area (TPSA) is 40.9 Å². The number of piperazine rings is 1. The minimum absolute atomic E-state index is 0.208. The fourth-order valence-corrected chi connectivity index (χ4v) is 4.18. The Balaban J connectivity index is 1.14. The Bertz CT molecular complexity index is 1130. The fourth-order valence-electron chi connectivity index (χ4n) is 4.18. The number of aromatic nitrogens is 2. The van der Waals surface area contributed by atoms with Crippen LogP contribution in [-0.4, -0.2) is 51.5 Å². The summed E-state index contributed by atoms with van der Waals surface area (Å²) in [7, 11) is 0. The fraction of sp³-hybridized carbons (Fsp3) is 0.231. The van der Waals surface area contributed by atoms with Crippen molar-refractivity contribution in [2.45, 2.75) is 13.0 Å². The molecule has 1 amide bonds. The predicted octanol–water partition coefficient (Wildman–Crippen LogP) is 3.89. The highest BCUT2D eigenvalue weighted by atomic mass is 16.2. The lowest BCUT2D eigenvalue weighted by Gasteiger charge is -2.34. The zero-order valence-electron chi connectivity index (χ0n) is 17.5. The van der Waals surface area contributed by atoms with Crippen LogP contribution in [0.4, 0.5) is 0 Å². The van der Waals surface area contributed by atoms with Gasteiger partial charge in [-0.3, -0.25) is 9.69 Å². The molecule has 31 heavy (non-hydrogen) atoms. The first-order valence-corrected chi connectivity index (χ1v) is 10.8. The van der Waals surface area contributed by atoms with Gasteiger partial charge in [0.25, 0.3) is 0 Å². The van der Waals surface area contributed by atoms with Gasteiger partial charge in [-0.1, -0.05) is 60.7 Å². The van der Waals surface area contributed by atoms with Gasteiger partial charge in [-0.25, -0.2) is 4.52 Å². The summed E-state index contributed by atoms with van der Waals surface area (Å²) in [5.74, 6) is 0.208. The third-order valence-electron chi connectivity index (χ3n) is 5.95. The van der Waals surface area contributed by atoms with Crippen LogP contribution in [0.2, 0.25) is 0 Å².